The molecule has 0 saturated carbocycles. The van der Waals surface area contributed by atoms with Crippen molar-refractivity contribution >= 4 is 48.0 Å². The molecule has 3 N–H and O–H groups in total. The lowest BCUT2D eigenvalue weighted by atomic mass is 10.1. The zero-order valence-electron chi connectivity index (χ0n) is 16.3. The summed E-state index contributed by atoms with van der Waals surface area (Å²) in [7, 11) is 0. The number of hydrogen-bond donors (Lipinski definition) is 3. The molecule has 0 aliphatic carbocycles. The Hall–Kier alpha value is -1.54. The zero-order valence-corrected chi connectivity index (χ0v) is 17.9. The summed E-state index contributed by atoms with van der Waals surface area (Å²) in [5.41, 5.74) is 1.86. The first-order valence-electron chi connectivity index (χ1n) is 9.36. The molecule has 1 unspecified atom stereocenters. The number of amides is 2. The molecule has 3 rings (SSSR count). The van der Waals surface area contributed by atoms with Gasteiger partial charge >= 0.3 is 0 Å². The average Bonchev–Trinajstić information content (AvgIpc) is 3.17. The molecule has 158 valence electrons. The van der Waals surface area contributed by atoms with Crippen molar-refractivity contribution in [3.8, 4) is 0 Å². The largest absolute Gasteiger partial charge is 0.375 e. The standard InChI is InChI=1S/C19H28N4O3.2ClH/c1-13(21-19(25)17-14(2)26-11-8-20-17)18(24)22-15-6-5-7-16(12-15)23-9-3-4-10-23;;/h5-7,12-14,17,20H,3-4,8-11H2,1-2H3,(H,21,25)(H,22,24);2*1H/t13?,14-,17+;;/m1../s1. The normalized spacial score (nSPS) is 22.4. The molecule has 28 heavy (non-hydrogen) atoms. The number of halogens is 2. The molecule has 7 nitrogen and oxygen atoms in total. The molecule has 2 heterocycles. The molecular weight excluding hydrogens is 403 g/mol. The van der Waals surface area contributed by atoms with E-state index in [4.69, 9.17) is 4.74 Å². The third-order valence-corrected chi connectivity index (χ3v) is 4.94. The summed E-state index contributed by atoms with van der Waals surface area (Å²) in [6.07, 6.45) is 2.20. The second-order valence-corrected chi connectivity index (χ2v) is 6.97. The van der Waals surface area contributed by atoms with Crippen LogP contribution >= 0.6 is 24.8 Å². The Balaban J connectivity index is 0.00000196. The van der Waals surface area contributed by atoms with Gasteiger partial charge in [0.05, 0.1) is 12.7 Å². The third-order valence-electron chi connectivity index (χ3n) is 4.94. The van der Waals surface area contributed by atoms with Crippen molar-refractivity contribution in [3.63, 3.8) is 0 Å². The topological polar surface area (TPSA) is 82.7 Å². The number of carbonyl (C=O) groups is 2. The van der Waals surface area contributed by atoms with E-state index in [1.165, 1.54) is 12.8 Å². The first-order chi connectivity index (χ1) is 12.5. The smallest absolute Gasteiger partial charge is 0.246 e. The number of benzene rings is 1. The number of carbonyl (C=O) groups excluding carboxylic acids is 2. The molecule has 2 saturated heterocycles. The highest BCUT2D eigenvalue weighted by Crippen LogP contribution is 2.23. The number of nitrogens with one attached hydrogen (secondary N) is 3. The Labute approximate surface area is 178 Å². The van der Waals surface area contributed by atoms with Gasteiger partial charge in [-0.05, 0) is 44.9 Å². The summed E-state index contributed by atoms with van der Waals surface area (Å²) < 4.78 is 5.48. The Morgan fingerprint density at radius 1 is 1.25 bits per heavy atom. The van der Waals surface area contributed by atoms with Gasteiger partial charge in [0.1, 0.15) is 12.1 Å². The van der Waals surface area contributed by atoms with E-state index in [9.17, 15) is 9.59 Å². The van der Waals surface area contributed by atoms with Crippen molar-refractivity contribution < 1.29 is 14.3 Å². The number of rotatable bonds is 5. The fourth-order valence-electron chi connectivity index (χ4n) is 3.40. The van der Waals surface area contributed by atoms with Crippen molar-refractivity contribution in [2.45, 2.75) is 44.9 Å². The number of morpholine rings is 1. The van der Waals surface area contributed by atoms with Gasteiger partial charge in [0, 0.05) is 31.0 Å². The van der Waals surface area contributed by atoms with Crippen LogP contribution in [-0.4, -0.2) is 56.2 Å². The number of hydrogen-bond acceptors (Lipinski definition) is 5. The summed E-state index contributed by atoms with van der Waals surface area (Å²) >= 11 is 0. The van der Waals surface area contributed by atoms with Gasteiger partial charge in [-0.2, -0.15) is 0 Å². The molecule has 2 aliphatic rings. The van der Waals surface area contributed by atoms with E-state index >= 15 is 0 Å². The predicted molar refractivity (Wildman–Crippen MR) is 116 cm³/mol. The summed E-state index contributed by atoms with van der Waals surface area (Å²) in [5, 5.41) is 8.79. The highest BCUT2D eigenvalue weighted by atomic mass is 35.5. The van der Waals surface area contributed by atoms with Crippen LogP contribution in [0.3, 0.4) is 0 Å². The van der Waals surface area contributed by atoms with E-state index in [1.54, 1.807) is 6.92 Å². The van der Waals surface area contributed by atoms with E-state index in [1.807, 2.05) is 25.1 Å². The van der Waals surface area contributed by atoms with Crippen molar-refractivity contribution in [2.24, 2.45) is 0 Å². The molecule has 9 heteroatoms. The minimum Gasteiger partial charge on any atom is -0.375 e. The summed E-state index contributed by atoms with van der Waals surface area (Å²) in [4.78, 5) is 27.1. The van der Waals surface area contributed by atoms with Gasteiger partial charge in [-0.15, -0.1) is 24.8 Å². The van der Waals surface area contributed by atoms with Crippen LogP contribution in [0.15, 0.2) is 24.3 Å². The van der Waals surface area contributed by atoms with Crippen LogP contribution in [0.5, 0.6) is 0 Å². The highest BCUT2D eigenvalue weighted by Gasteiger charge is 2.30. The first-order valence-corrected chi connectivity index (χ1v) is 9.36. The number of anilines is 2. The van der Waals surface area contributed by atoms with Crippen LogP contribution < -0.4 is 20.9 Å². The van der Waals surface area contributed by atoms with Gasteiger partial charge in [0.15, 0.2) is 0 Å². The van der Waals surface area contributed by atoms with Gasteiger partial charge < -0.3 is 25.6 Å². The third kappa shape index (κ3) is 6.24. The fourth-order valence-corrected chi connectivity index (χ4v) is 3.40. The maximum Gasteiger partial charge on any atom is 0.246 e. The Kier molecular flexibility index (Phi) is 10.0. The molecule has 2 fully saturated rings. The van der Waals surface area contributed by atoms with Crippen LogP contribution in [0.1, 0.15) is 26.7 Å². The minimum absolute atomic E-state index is 0. The van der Waals surface area contributed by atoms with Crippen LogP contribution in [-0.2, 0) is 14.3 Å². The van der Waals surface area contributed by atoms with Crippen molar-refractivity contribution in [3.05, 3.63) is 24.3 Å². The lowest BCUT2D eigenvalue weighted by Gasteiger charge is -2.30. The monoisotopic (exact) mass is 432 g/mol. The second-order valence-electron chi connectivity index (χ2n) is 6.97. The van der Waals surface area contributed by atoms with Gasteiger partial charge in [-0.25, -0.2) is 0 Å². The lowest BCUT2D eigenvalue weighted by Crippen LogP contribution is -2.57. The van der Waals surface area contributed by atoms with Gasteiger partial charge in [-0.3, -0.25) is 9.59 Å². The summed E-state index contributed by atoms with van der Waals surface area (Å²) in [5.74, 6) is -0.452. The van der Waals surface area contributed by atoms with Crippen LogP contribution in [0.2, 0.25) is 0 Å². The molecule has 0 spiro atoms. The van der Waals surface area contributed by atoms with Crippen molar-refractivity contribution in [1.82, 2.24) is 10.6 Å². The fraction of sp³-hybridized carbons (Fsp3) is 0.579. The summed E-state index contributed by atoms with van der Waals surface area (Å²) in [6.45, 7) is 6.87. The Morgan fingerprint density at radius 3 is 2.64 bits per heavy atom. The molecule has 1 aromatic rings. The zero-order chi connectivity index (χ0) is 18.5. The van der Waals surface area contributed by atoms with E-state index in [0.29, 0.717) is 13.2 Å². The van der Waals surface area contributed by atoms with Crippen molar-refractivity contribution in [2.75, 3.05) is 36.5 Å². The quantitative estimate of drug-likeness (QED) is 0.662. The molecule has 0 bridgehead atoms. The lowest BCUT2D eigenvalue weighted by molar-refractivity contribution is -0.132. The molecule has 2 amide bonds. The maximum atomic E-state index is 12.5. The molecule has 0 aromatic heterocycles. The van der Waals surface area contributed by atoms with Gasteiger partial charge in [-0.1, -0.05) is 6.07 Å². The Bertz CT molecular complexity index is 656. The SMILES string of the molecule is CC(NC(=O)[C@H]1NCCO[C@@H]1C)C(=O)Nc1cccc(N2CCCC2)c1.Cl.Cl. The minimum atomic E-state index is -0.631. The van der Waals surface area contributed by atoms with E-state index in [2.05, 4.69) is 26.9 Å². The van der Waals surface area contributed by atoms with E-state index in [-0.39, 0.29) is 42.7 Å². The number of ether oxygens (including phenoxy) is 1. The van der Waals surface area contributed by atoms with Crippen LogP contribution in [0.25, 0.3) is 0 Å². The van der Waals surface area contributed by atoms with Crippen LogP contribution in [0, 0.1) is 0 Å². The average molecular weight is 433 g/mol. The molecular formula is C19H30Cl2N4O3. The highest BCUT2D eigenvalue weighted by molar-refractivity contribution is 5.98. The van der Waals surface area contributed by atoms with Gasteiger partial charge in [0.2, 0.25) is 11.8 Å². The first kappa shape index (κ1) is 24.5. The maximum absolute atomic E-state index is 12.5. The van der Waals surface area contributed by atoms with E-state index in [0.717, 1.165) is 24.5 Å². The molecule has 1 aromatic carbocycles. The van der Waals surface area contributed by atoms with Gasteiger partial charge in [0.25, 0.3) is 0 Å². The van der Waals surface area contributed by atoms with Crippen molar-refractivity contribution in [1.29, 1.82) is 0 Å². The molecule has 0 radical (unpaired) electrons. The molecule has 3 atom stereocenters. The number of nitrogens with zero attached hydrogens (tertiary/aromatic N) is 1. The van der Waals surface area contributed by atoms with E-state index < -0.39 is 12.1 Å². The molecule has 2 aliphatic heterocycles. The predicted octanol–water partition coefficient (Wildman–Crippen LogP) is 1.95. The Morgan fingerprint density at radius 2 is 1.96 bits per heavy atom. The summed E-state index contributed by atoms with van der Waals surface area (Å²) in [6, 6.07) is 6.78. The second kappa shape index (κ2) is 11.5. The van der Waals surface area contributed by atoms with Crippen LogP contribution in [0.4, 0.5) is 11.4 Å².